The molecule has 1 heterocycles. The Morgan fingerprint density at radius 3 is 3.00 bits per heavy atom. The van der Waals surface area contributed by atoms with Crippen LogP contribution in [0, 0.1) is 0 Å². The van der Waals surface area contributed by atoms with Crippen LogP contribution in [0.15, 0.2) is 27.6 Å². The Labute approximate surface area is 90.0 Å². The van der Waals surface area contributed by atoms with E-state index in [2.05, 4.69) is 15.9 Å². The zero-order valence-corrected chi connectivity index (χ0v) is 9.71. The molecule has 1 aliphatic heterocycles. The zero-order chi connectivity index (χ0) is 9.47. The molecule has 0 spiro atoms. The summed E-state index contributed by atoms with van der Waals surface area (Å²) in [5.74, 6) is 0.871. The highest BCUT2D eigenvalue weighted by molar-refractivity contribution is 9.10. The molecule has 0 saturated carbocycles. The first-order chi connectivity index (χ1) is 6.11. The van der Waals surface area contributed by atoms with Crippen LogP contribution in [0.1, 0.15) is 18.9 Å². The van der Waals surface area contributed by atoms with Gasteiger partial charge in [-0.3, -0.25) is 0 Å². The van der Waals surface area contributed by atoms with Gasteiger partial charge in [0, 0.05) is 20.7 Å². The van der Waals surface area contributed by atoms with Crippen LogP contribution in [-0.4, -0.2) is 5.75 Å². The molecule has 3 heteroatoms. The molecule has 1 aromatic carbocycles. The van der Waals surface area contributed by atoms with Crippen molar-refractivity contribution in [2.45, 2.75) is 23.9 Å². The van der Waals surface area contributed by atoms with Gasteiger partial charge in [-0.05, 0) is 25.5 Å². The smallest absolute Gasteiger partial charge is 0.136 e. The van der Waals surface area contributed by atoms with Crippen LogP contribution in [0.25, 0.3) is 0 Å². The predicted molar refractivity (Wildman–Crippen MR) is 57.9 cm³/mol. The molecule has 1 atom stereocenters. The molecular weight excluding hydrogens is 251 g/mol. The Bertz CT molecular complexity index is 336. The molecule has 2 rings (SSSR count). The highest BCUT2D eigenvalue weighted by Gasteiger charge is 2.33. The molecule has 0 bridgehead atoms. The topological polar surface area (TPSA) is 0 Å². The second-order valence-electron chi connectivity index (χ2n) is 3.41. The van der Waals surface area contributed by atoms with Crippen molar-refractivity contribution in [3.8, 4) is 0 Å². The van der Waals surface area contributed by atoms with E-state index in [9.17, 15) is 4.39 Å². The van der Waals surface area contributed by atoms with E-state index < -0.39 is 5.67 Å². The summed E-state index contributed by atoms with van der Waals surface area (Å²) in [6.45, 7) is 1.66. The van der Waals surface area contributed by atoms with Gasteiger partial charge in [0.15, 0.2) is 0 Å². The van der Waals surface area contributed by atoms with E-state index in [1.165, 1.54) is 0 Å². The SMILES string of the molecule is CC1(F)CCSc2cccc(Br)c21. The number of hydrogen-bond donors (Lipinski definition) is 0. The van der Waals surface area contributed by atoms with Crippen LogP contribution < -0.4 is 0 Å². The normalized spacial score (nSPS) is 27.0. The second-order valence-corrected chi connectivity index (χ2v) is 5.40. The quantitative estimate of drug-likeness (QED) is 0.676. The third kappa shape index (κ3) is 1.64. The Balaban J connectivity index is 2.61. The van der Waals surface area contributed by atoms with Crippen LogP contribution >= 0.6 is 27.7 Å². The molecule has 0 aromatic heterocycles. The standard InChI is InChI=1S/C10H10BrFS/c1-10(12)5-6-13-8-4-2-3-7(11)9(8)10/h2-4H,5-6H2,1H3. The van der Waals surface area contributed by atoms with Crippen molar-refractivity contribution >= 4 is 27.7 Å². The van der Waals surface area contributed by atoms with Gasteiger partial charge in [-0.2, -0.15) is 0 Å². The van der Waals surface area contributed by atoms with E-state index in [0.29, 0.717) is 6.42 Å². The largest absolute Gasteiger partial charge is 0.239 e. The Morgan fingerprint density at radius 1 is 1.54 bits per heavy atom. The van der Waals surface area contributed by atoms with Gasteiger partial charge in [-0.25, -0.2) is 4.39 Å². The maximum Gasteiger partial charge on any atom is 0.136 e. The van der Waals surface area contributed by atoms with Crippen molar-refractivity contribution in [2.24, 2.45) is 0 Å². The molecule has 70 valence electrons. The van der Waals surface area contributed by atoms with Gasteiger partial charge in [0.2, 0.25) is 0 Å². The van der Waals surface area contributed by atoms with Gasteiger partial charge in [-0.15, -0.1) is 11.8 Å². The number of hydrogen-bond acceptors (Lipinski definition) is 1. The molecule has 1 aromatic rings. The van der Waals surface area contributed by atoms with E-state index in [1.54, 1.807) is 18.7 Å². The molecule has 0 fully saturated rings. The summed E-state index contributed by atoms with van der Waals surface area (Å²) in [7, 11) is 0. The number of alkyl halides is 1. The minimum Gasteiger partial charge on any atom is -0.239 e. The molecule has 0 N–H and O–H groups in total. The first kappa shape index (κ1) is 9.53. The van der Waals surface area contributed by atoms with Gasteiger partial charge in [0.1, 0.15) is 5.67 Å². The monoisotopic (exact) mass is 260 g/mol. The summed E-state index contributed by atoms with van der Waals surface area (Å²) < 4.78 is 15.0. The molecule has 0 radical (unpaired) electrons. The van der Waals surface area contributed by atoms with Gasteiger partial charge in [-0.1, -0.05) is 22.0 Å². The van der Waals surface area contributed by atoms with E-state index in [1.807, 2.05) is 18.2 Å². The average molecular weight is 261 g/mol. The third-order valence-electron chi connectivity index (χ3n) is 2.33. The Morgan fingerprint density at radius 2 is 2.31 bits per heavy atom. The maximum atomic E-state index is 14.1. The van der Waals surface area contributed by atoms with E-state index in [4.69, 9.17) is 0 Å². The number of halogens is 2. The maximum absolute atomic E-state index is 14.1. The summed E-state index contributed by atoms with van der Waals surface area (Å²) >= 11 is 5.14. The third-order valence-corrected chi connectivity index (χ3v) is 4.05. The minimum atomic E-state index is -1.17. The zero-order valence-electron chi connectivity index (χ0n) is 7.31. The van der Waals surface area contributed by atoms with Gasteiger partial charge in [0.25, 0.3) is 0 Å². The lowest BCUT2D eigenvalue weighted by Gasteiger charge is -2.29. The fourth-order valence-corrected chi connectivity index (χ4v) is 3.87. The van der Waals surface area contributed by atoms with Crippen molar-refractivity contribution in [1.29, 1.82) is 0 Å². The number of benzene rings is 1. The molecule has 13 heavy (non-hydrogen) atoms. The van der Waals surface area contributed by atoms with Gasteiger partial charge in [0.05, 0.1) is 0 Å². The first-order valence-corrected chi connectivity index (χ1v) is 6.00. The lowest BCUT2D eigenvalue weighted by molar-refractivity contribution is 0.179. The van der Waals surface area contributed by atoms with Crippen molar-refractivity contribution in [3.05, 3.63) is 28.2 Å². The number of rotatable bonds is 0. The first-order valence-electron chi connectivity index (χ1n) is 4.22. The van der Waals surface area contributed by atoms with E-state index >= 15 is 0 Å². The molecule has 0 saturated heterocycles. The summed E-state index contributed by atoms with van der Waals surface area (Å²) in [6, 6.07) is 5.85. The average Bonchev–Trinajstić information content (AvgIpc) is 2.02. The van der Waals surface area contributed by atoms with Crippen molar-refractivity contribution < 1.29 is 4.39 Å². The fraction of sp³-hybridized carbons (Fsp3) is 0.400. The van der Waals surface area contributed by atoms with Crippen LogP contribution in [0.2, 0.25) is 0 Å². The van der Waals surface area contributed by atoms with E-state index in [0.717, 1.165) is 20.7 Å². The Hall–Kier alpha value is -0.0200. The van der Waals surface area contributed by atoms with Gasteiger partial charge < -0.3 is 0 Å². The number of thioether (sulfide) groups is 1. The highest BCUT2D eigenvalue weighted by atomic mass is 79.9. The summed E-state index contributed by atoms with van der Waals surface area (Å²) in [6.07, 6.45) is 0.604. The molecule has 0 amide bonds. The van der Waals surface area contributed by atoms with Crippen LogP contribution in [0.5, 0.6) is 0 Å². The van der Waals surface area contributed by atoms with Crippen molar-refractivity contribution in [3.63, 3.8) is 0 Å². The predicted octanol–water partition coefficient (Wildman–Crippen LogP) is 4.13. The van der Waals surface area contributed by atoms with Crippen LogP contribution in [0.4, 0.5) is 4.39 Å². The lowest BCUT2D eigenvalue weighted by atomic mass is 9.95. The Kier molecular flexibility index (Phi) is 2.41. The fourth-order valence-electron chi connectivity index (χ4n) is 1.61. The van der Waals surface area contributed by atoms with Crippen LogP contribution in [-0.2, 0) is 5.67 Å². The molecule has 0 nitrogen and oxygen atoms in total. The molecule has 1 aliphatic rings. The summed E-state index contributed by atoms with van der Waals surface area (Å²) in [5, 5.41) is 0. The highest BCUT2D eigenvalue weighted by Crippen LogP contribution is 2.45. The minimum absolute atomic E-state index is 0.604. The van der Waals surface area contributed by atoms with Crippen LogP contribution in [0.3, 0.4) is 0 Å². The molecule has 0 aliphatic carbocycles. The van der Waals surface area contributed by atoms with Crippen molar-refractivity contribution in [1.82, 2.24) is 0 Å². The second kappa shape index (κ2) is 3.28. The number of fused-ring (bicyclic) bond motifs is 1. The molecular formula is C10H10BrFS. The summed E-state index contributed by atoms with van der Waals surface area (Å²) in [4.78, 5) is 1.07. The van der Waals surface area contributed by atoms with Crippen molar-refractivity contribution in [2.75, 3.05) is 5.75 Å². The molecule has 1 unspecified atom stereocenters. The lowest BCUT2D eigenvalue weighted by Crippen LogP contribution is -2.21. The van der Waals surface area contributed by atoms with Gasteiger partial charge >= 0.3 is 0 Å². The van der Waals surface area contributed by atoms with E-state index in [-0.39, 0.29) is 0 Å². The summed E-state index contributed by atoms with van der Waals surface area (Å²) in [5.41, 5.74) is -0.341.